The van der Waals surface area contributed by atoms with Gasteiger partial charge in [0.05, 0.1) is 31.0 Å². The third-order valence-corrected chi connectivity index (χ3v) is 4.93. The van der Waals surface area contributed by atoms with Crippen molar-refractivity contribution in [2.45, 2.75) is 6.36 Å². The van der Waals surface area contributed by atoms with Gasteiger partial charge in [-0.05, 0) is 42.5 Å². The maximum Gasteiger partial charge on any atom is 0.573 e. The zero-order valence-electron chi connectivity index (χ0n) is 17.6. The molecule has 0 bridgehead atoms. The van der Waals surface area contributed by atoms with Crippen LogP contribution in [0.2, 0.25) is 0 Å². The molecule has 34 heavy (non-hydrogen) atoms. The lowest BCUT2D eigenvalue weighted by molar-refractivity contribution is -0.274. The first-order valence-electron chi connectivity index (χ1n) is 9.30. The molecule has 3 aromatic rings. The number of methoxy groups -OCH3 is 2. The van der Waals surface area contributed by atoms with E-state index in [1.807, 2.05) is 0 Å². The third-order valence-electron chi connectivity index (χ3n) is 4.17. The fraction of sp³-hybridized carbons (Fsp3) is 0.143. The monoisotopic (exact) mass is 495 g/mol. The highest BCUT2D eigenvalue weighted by Crippen LogP contribution is 2.27. The highest BCUT2D eigenvalue weighted by molar-refractivity contribution is 7.14. The van der Waals surface area contributed by atoms with Gasteiger partial charge in [-0.1, -0.05) is 0 Å². The number of rotatable bonds is 7. The van der Waals surface area contributed by atoms with Gasteiger partial charge in [-0.15, -0.1) is 24.5 Å². The summed E-state index contributed by atoms with van der Waals surface area (Å²) in [6, 6.07) is 8.88. The molecular formula is C21H16F3N3O6S. The Balaban J connectivity index is 1.74. The van der Waals surface area contributed by atoms with Gasteiger partial charge in [0.2, 0.25) is 0 Å². The van der Waals surface area contributed by atoms with E-state index in [4.69, 9.17) is 4.74 Å². The standard InChI is InChI=1S/C21H16F3N3O6S/c1-31-18(29)11-3-8-14(19(30)32-2)15(9-11)26-17(28)16-10-34-20(27-16)25-12-4-6-13(7-5-12)33-21(22,23)24/h3-10H,1-2H3,(H,25,27)(H,26,28). The molecule has 0 unspecified atom stereocenters. The topological polar surface area (TPSA) is 116 Å². The summed E-state index contributed by atoms with van der Waals surface area (Å²) in [7, 11) is 2.36. The second-order valence-electron chi connectivity index (χ2n) is 6.43. The van der Waals surface area contributed by atoms with Gasteiger partial charge in [0, 0.05) is 11.1 Å². The first kappa shape index (κ1) is 24.5. The molecule has 1 aromatic heterocycles. The molecule has 0 fully saturated rings. The molecule has 0 saturated carbocycles. The Labute approximate surface area is 194 Å². The van der Waals surface area contributed by atoms with E-state index in [0.717, 1.165) is 23.5 Å². The van der Waals surface area contributed by atoms with Crippen LogP contribution >= 0.6 is 11.3 Å². The SMILES string of the molecule is COC(=O)c1ccc(C(=O)OC)c(NC(=O)c2csc(Nc3ccc(OC(F)(F)F)cc3)n2)c1. The van der Waals surface area contributed by atoms with Gasteiger partial charge in [0.25, 0.3) is 5.91 Å². The number of ether oxygens (including phenoxy) is 3. The van der Waals surface area contributed by atoms with Crippen LogP contribution in [0.3, 0.4) is 0 Å². The Morgan fingerprint density at radius 1 is 0.971 bits per heavy atom. The van der Waals surface area contributed by atoms with Crippen molar-refractivity contribution in [3.63, 3.8) is 0 Å². The molecular weight excluding hydrogens is 479 g/mol. The van der Waals surface area contributed by atoms with Crippen molar-refractivity contribution in [3.8, 4) is 5.75 Å². The molecule has 9 nitrogen and oxygen atoms in total. The number of anilines is 3. The number of hydrogen-bond donors (Lipinski definition) is 2. The van der Waals surface area contributed by atoms with Crippen molar-refractivity contribution in [1.82, 2.24) is 4.98 Å². The molecule has 0 aliphatic carbocycles. The minimum atomic E-state index is -4.80. The van der Waals surface area contributed by atoms with Crippen molar-refractivity contribution >= 4 is 45.7 Å². The summed E-state index contributed by atoms with van der Waals surface area (Å²) in [6.07, 6.45) is -4.80. The van der Waals surface area contributed by atoms with Crippen LogP contribution in [-0.4, -0.2) is 43.4 Å². The van der Waals surface area contributed by atoms with Crippen molar-refractivity contribution < 1.29 is 41.8 Å². The van der Waals surface area contributed by atoms with Gasteiger partial charge in [0.15, 0.2) is 5.13 Å². The molecule has 0 aliphatic heterocycles. The number of nitrogens with one attached hydrogen (secondary N) is 2. The van der Waals surface area contributed by atoms with Crippen LogP contribution in [0.1, 0.15) is 31.2 Å². The smallest absolute Gasteiger partial charge is 0.465 e. The van der Waals surface area contributed by atoms with E-state index in [1.165, 1.54) is 49.9 Å². The maximum atomic E-state index is 12.7. The van der Waals surface area contributed by atoms with E-state index < -0.39 is 24.2 Å². The maximum absolute atomic E-state index is 12.7. The fourth-order valence-electron chi connectivity index (χ4n) is 2.67. The molecule has 0 atom stereocenters. The average molecular weight is 495 g/mol. The summed E-state index contributed by atoms with van der Waals surface area (Å²) < 4.78 is 49.9. The summed E-state index contributed by atoms with van der Waals surface area (Å²) in [5.74, 6) is -2.46. The molecule has 2 N–H and O–H groups in total. The lowest BCUT2D eigenvalue weighted by Crippen LogP contribution is -2.17. The molecule has 13 heteroatoms. The molecule has 1 amide bonds. The number of carbonyl (C=O) groups excluding carboxylic acids is 3. The minimum absolute atomic E-state index is 0.0104. The summed E-state index contributed by atoms with van der Waals surface area (Å²) in [5.41, 5.74) is 0.531. The quantitative estimate of drug-likeness (QED) is 0.457. The predicted molar refractivity (Wildman–Crippen MR) is 116 cm³/mol. The normalized spacial score (nSPS) is 10.9. The lowest BCUT2D eigenvalue weighted by Gasteiger charge is -2.10. The number of thiazole rings is 1. The third kappa shape index (κ3) is 6.22. The number of nitrogens with zero attached hydrogens (tertiary/aromatic N) is 1. The number of amides is 1. The average Bonchev–Trinajstić information content (AvgIpc) is 3.27. The van der Waals surface area contributed by atoms with Crippen molar-refractivity contribution in [3.05, 3.63) is 64.7 Å². The summed E-state index contributed by atoms with van der Waals surface area (Å²) in [5, 5.41) is 7.09. The van der Waals surface area contributed by atoms with Crippen LogP contribution in [0.5, 0.6) is 5.75 Å². The molecule has 0 aliphatic rings. The first-order valence-corrected chi connectivity index (χ1v) is 10.2. The molecule has 3 rings (SSSR count). The fourth-order valence-corrected chi connectivity index (χ4v) is 3.38. The highest BCUT2D eigenvalue weighted by Gasteiger charge is 2.31. The van der Waals surface area contributed by atoms with Gasteiger partial charge in [0.1, 0.15) is 11.4 Å². The second kappa shape index (κ2) is 10.2. The second-order valence-corrected chi connectivity index (χ2v) is 7.29. The summed E-state index contributed by atoms with van der Waals surface area (Å²) >= 11 is 1.06. The summed E-state index contributed by atoms with van der Waals surface area (Å²) in [6.45, 7) is 0. The van der Waals surface area contributed by atoms with Crippen LogP contribution in [0, 0.1) is 0 Å². The van der Waals surface area contributed by atoms with Gasteiger partial charge < -0.3 is 24.8 Å². The molecule has 1 heterocycles. The first-order chi connectivity index (χ1) is 16.1. The largest absolute Gasteiger partial charge is 0.573 e. The zero-order chi connectivity index (χ0) is 24.9. The Kier molecular flexibility index (Phi) is 7.36. The Hall–Kier alpha value is -4.13. The van der Waals surface area contributed by atoms with E-state index in [0.29, 0.717) is 5.69 Å². The van der Waals surface area contributed by atoms with Crippen molar-refractivity contribution in [2.24, 2.45) is 0 Å². The number of hydrogen-bond acceptors (Lipinski definition) is 9. The Morgan fingerprint density at radius 3 is 2.26 bits per heavy atom. The van der Waals surface area contributed by atoms with Crippen LogP contribution < -0.4 is 15.4 Å². The predicted octanol–water partition coefficient (Wildman–Crippen LogP) is 4.61. The van der Waals surface area contributed by atoms with Crippen LogP contribution in [0.25, 0.3) is 0 Å². The molecule has 178 valence electrons. The van der Waals surface area contributed by atoms with E-state index in [9.17, 15) is 27.6 Å². The number of benzene rings is 2. The number of carbonyl (C=O) groups is 3. The zero-order valence-corrected chi connectivity index (χ0v) is 18.4. The lowest BCUT2D eigenvalue weighted by atomic mass is 10.1. The van der Waals surface area contributed by atoms with Crippen LogP contribution in [-0.2, 0) is 9.47 Å². The Morgan fingerprint density at radius 2 is 1.65 bits per heavy atom. The molecule has 0 radical (unpaired) electrons. The molecule has 0 saturated heterocycles. The number of aromatic nitrogens is 1. The van der Waals surface area contributed by atoms with Crippen LogP contribution in [0.15, 0.2) is 47.8 Å². The van der Waals surface area contributed by atoms with Gasteiger partial charge in [-0.2, -0.15) is 0 Å². The number of esters is 2. The van der Waals surface area contributed by atoms with E-state index in [2.05, 4.69) is 25.1 Å². The number of alkyl halides is 3. The minimum Gasteiger partial charge on any atom is -0.465 e. The van der Waals surface area contributed by atoms with Gasteiger partial charge in [-0.3, -0.25) is 4.79 Å². The van der Waals surface area contributed by atoms with E-state index in [1.54, 1.807) is 0 Å². The van der Waals surface area contributed by atoms with E-state index >= 15 is 0 Å². The Bertz CT molecular complexity index is 1210. The van der Waals surface area contributed by atoms with E-state index in [-0.39, 0.29) is 33.4 Å². The number of halogens is 3. The van der Waals surface area contributed by atoms with Crippen molar-refractivity contribution in [2.75, 3.05) is 24.9 Å². The molecule has 0 spiro atoms. The molecule has 2 aromatic carbocycles. The van der Waals surface area contributed by atoms with Gasteiger partial charge in [-0.25, -0.2) is 14.6 Å². The summed E-state index contributed by atoms with van der Waals surface area (Å²) in [4.78, 5) is 40.6. The van der Waals surface area contributed by atoms with Crippen molar-refractivity contribution in [1.29, 1.82) is 0 Å². The van der Waals surface area contributed by atoms with Gasteiger partial charge >= 0.3 is 18.3 Å². The van der Waals surface area contributed by atoms with Crippen LogP contribution in [0.4, 0.5) is 29.7 Å². The highest BCUT2D eigenvalue weighted by atomic mass is 32.1.